The van der Waals surface area contributed by atoms with E-state index in [0.29, 0.717) is 5.56 Å². The van der Waals surface area contributed by atoms with Crippen molar-refractivity contribution in [3.05, 3.63) is 121 Å². The van der Waals surface area contributed by atoms with Crippen LogP contribution in [0.15, 0.2) is 115 Å². The Balaban J connectivity index is 1.74. The lowest BCUT2D eigenvalue weighted by atomic mass is 9.85. The van der Waals surface area contributed by atoms with Gasteiger partial charge in [-0.15, -0.1) is 0 Å². The summed E-state index contributed by atoms with van der Waals surface area (Å²) in [5.41, 5.74) is 5.50. The van der Waals surface area contributed by atoms with Gasteiger partial charge >= 0.3 is 0 Å². The van der Waals surface area contributed by atoms with Gasteiger partial charge in [0.1, 0.15) is 6.29 Å². The Morgan fingerprint density at radius 3 is 1.47 bits per heavy atom. The second-order valence-corrected chi connectivity index (χ2v) is 8.14. The van der Waals surface area contributed by atoms with E-state index >= 15 is 0 Å². The van der Waals surface area contributed by atoms with Crippen molar-refractivity contribution in [3.63, 3.8) is 0 Å². The molecule has 0 aliphatic rings. The minimum absolute atomic E-state index is 0.690. The van der Waals surface area contributed by atoms with Crippen LogP contribution in [0.1, 0.15) is 10.4 Å². The Morgan fingerprint density at radius 1 is 0.438 bits per heavy atom. The van der Waals surface area contributed by atoms with Crippen LogP contribution in [-0.2, 0) is 0 Å². The highest BCUT2D eigenvalue weighted by Gasteiger charge is 2.16. The number of carbonyl (C=O) groups excluding carboxylic acids is 1. The fraction of sp³-hybridized carbons (Fsp3) is 0. The van der Waals surface area contributed by atoms with E-state index in [-0.39, 0.29) is 0 Å². The van der Waals surface area contributed by atoms with Gasteiger partial charge in [0.2, 0.25) is 0 Å². The van der Waals surface area contributed by atoms with Crippen LogP contribution in [-0.4, -0.2) is 6.29 Å². The van der Waals surface area contributed by atoms with Crippen molar-refractivity contribution >= 4 is 38.6 Å². The minimum Gasteiger partial charge on any atom is -0.298 e. The lowest BCUT2D eigenvalue weighted by Gasteiger charge is -2.18. The Bertz CT molecular complexity index is 1570. The van der Waals surface area contributed by atoms with Gasteiger partial charge in [-0.2, -0.15) is 0 Å². The number of hydrogen-bond donors (Lipinski definition) is 0. The standard InChI is InChI=1S/C31H20O/c32-20-21-13-15-23(16-14-21)30-26-9-3-5-11-28(26)31(29-12-6-4-10-27(29)30)25-18-17-22-7-1-2-8-24(22)19-25/h1-20H. The highest BCUT2D eigenvalue weighted by Crippen LogP contribution is 2.43. The second-order valence-electron chi connectivity index (χ2n) is 8.14. The van der Waals surface area contributed by atoms with Gasteiger partial charge in [0.15, 0.2) is 0 Å². The summed E-state index contributed by atoms with van der Waals surface area (Å²) >= 11 is 0. The highest BCUT2D eigenvalue weighted by molar-refractivity contribution is 6.21. The number of aldehydes is 1. The Hall–Kier alpha value is -4.23. The smallest absolute Gasteiger partial charge is 0.150 e. The zero-order valence-corrected chi connectivity index (χ0v) is 17.5. The van der Waals surface area contributed by atoms with E-state index in [4.69, 9.17) is 0 Å². The molecule has 6 aromatic carbocycles. The Labute approximate surface area is 186 Å². The monoisotopic (exact) mass is 408 g/mol. The summed E-state index contributed by atoms with van der Waals surface area (Å²) in [6.07, 6.45) is 0.892. The van der Waals surface area contributed by atoms with Crippen LogP contribution in [0.3, 0.4) is 0 Å². The summed E-state index contributed by atoms with van der Waals surface area (Å²) in [4.78, 5) is 11.2. The molecule has 1 heteroatoms. The van der Waals surface area contributed by atoms with E-state index in [2.05, 4.69) is 91.0 Å². The SMILES string of the molecule is O=Cc1ccc(-c2c3ccccc3c(-c3ccc4ccccc4c3)c3ccccc23)cc1. The molecule has 0 bridgehead atoms. The second kappa shape index (κ2) is 7.47. The quantitative estimate of drug-likeness (QED) is 0.213. The largest absolute Gasteiger partial charge is 0.298 e. The molecule has 0 saturated carbocycles. The zero-order chi connectivity index (χ0) is 21.5. The summed E-state index contributed by atoms with van der Waals surface area (Å²) < 4.78 is 0. The summed E-state index contributed by atoms with van der Waals surface area (Å²) in [5, 5.41) is 7.39. The zero-order valence-electron chi connectivity index (χ0n) is 17.5. The Kier molecular flexibility index (Phi) is 4.33. The maximum absolute atomic E-state index is 11.2. The fourth-order valence-electron chi connectivity index (χ4n) is 4.82. The third-order valence-electron chi connectivity index (χ3n) is 6.31. The van der Waals surface area contributed by atoms with Crippen molar-refractivity contribution in [2.45, 2.75) is 0 Å². The van der Waals surface area contributed by atoms with Gasteiger partial charge in [-0.25, -0.2) is 0 Å². The molecular formula is C31H20O. The molecule has 0 radical (unpaired) electrons. The number of carbonyl (C=O) groups is 1. The van der Waals surface area contributed by atoms with Crippen molar-refractivity contribution in [1.82, 2.24) is 0 Å². The molecule has 0 spiro atoms. The van der Waals surface area contributed by atoms with Gasteiger partial charge in [0.25, 0.3) is 0 Å². The van der Waals surface area contributed by atoms with Crippen LogP contribution < -0.4 is 0 Å². The molecule has 0 atom stereocenters. The first-order valence-corrected chi connectivity index (χ1v) is 10.8. The molecule has 6 aromatic rings. The average Bonchev–Trinajstić information content (AvgIpc) is 2.87. The van der Waals surface area contributed by atoms with Crippen LogP contribution in [0.4, 0.5) is 0 Å². The lowest BCUT2D eigenvalue weighted by molar-refractivity contribution is 0.112. The molecule has 32 heavy (non-hydrogen) atoms. The summed E-state index contributed by atoms with van der Waals surface area (Å²) in [7, 11) is 0. The molecular weight excluding hydrogens is 388 g/mol. The van der Waals surface area contributed by atoms with Crippen LogP contribution in [0.5, 0.6) is 0 Å². The molecule has 0 N–H and O–H groups in total. The molecule has 6 rings (SSSR count). The first kappa shape index (κ1) is 18.5. The van der Waals surface area contributed by atoms with Crippen LogP contribution in [0, 0.1) is 0 Å². The minimum atomic E-state index is 0.690. The Morgan fingerprint density at radius 2 is 0.906 bits per heavy atom. The van der Waals surface area contributed by atoms with Crippen molar-refractivity contribution < 1.29 is 4.79 Å². The van der Waals surface area contributed by atoms with Gasteiger partial charge in [0.05, 0.1) is 0 Å². The molecule has 0 aromatic heterocycles. The van der Waals surface area contributed by atoms with Crippen LogP contribution in [0.2, 0.25) is 0 Å². The first-order valence-electron chi connectivity index (χ1n) is 10.8. The normalized spacial score (nSPS) is 11.2. The number of benzene rings is 6. The van der Waals surface area contributed by atoms with Crippen LogP contribution >= 0.6 is 0 Å². The van der Waals surface area contributed by atoms with E-state index in [1.807, 2.05) is 24.3 Å². The number of fused-ring (bicyclic) bond motifs is 3. The molecule has 0 fully saturated rings. The van der Waals surface area contributed by atoms with E-state index in [1.54, 1.807) is 0 Å². The molecule has 0 saturated heterocycles. The summed E-state index contributed by atoms with van der Waals surface area (Å²) in [6, 6.07) is 40.4. The maximum atomic E-state index is 11.2. The molecule has 0 unspecified atom stereocenters. The topological polar surface area (TPSA) is 17.1 Å². The molecule has 1 nitrogen and oxygen atoms in total. The fourth-order valence-corrected chi connectivity index (χ4v) is 4.82. The average molecular weight is 409 g/mol. The molecule has 150 valence electrons. The third kappa shape index (κ3) is 2.91. The molecule has 0 aliphatic carbocycles. The van der Waals surface area contributed by atoms with E-state index in [9.17, 15) is 4.79 Å². The summed E-state index contributed by atoms with van der Waals surface area (Å²) in [5.74, 6) is 0. The van der Waals surface area contributed by atoms with Gasteiger partial charge < -0.3 is 0 Å². The van der Waals surface area contributed by atoms with Crippen molar-refractivity contribution in [2.75, 3.05) is 0 Å². The van der Waals surface area contributed by atoms with Gasteiger partial charge in [-0.05, 0) is 60.6 Å². The lowest BCUT2D eigenvalue weighted by Crippen LogP contribution is -1.91. The molecule has 0 heterocycles. The van der Waals surface area contributed by atoms with E-state index < -0.39 is 0 Å². The van der Waals surface area contributed by atoms with Crippen molar-refractivity contribution in [1.29, 1.82) is 0 Å². The first-order chi connectivity index (χ1) is 15.8. The number of rotatable bonds is 3. The van der Waals surface area contributed by atoms with E-state index in [1.165, 1.54) is 49.0 Å². The van der Waals surface area contributed by atoms with Crippen molar-refractivity contribution in [2.24, 2.45) is 0 Å². The predicted octanol–water partition coefficient (Wildman–Crippen LogP) is 8.29. The van der Waals surface area contributed by atoms with Crippen LogP contribution in [0.25, 0.3) is 54.6 Å². The predicted molar refractivity (Wildman–Crippen MR) is 135 cm³/mol. The van der Waals surface area contributed by atoms with Gasteiger partial charge in [-0.1, -0.05) is 109 Å². The van der Waals surface area contributed by atoms with E-state index in [0.717, 1.165) is 11.8 Å². The van der Waals surface area contributed by atoms with Gasteiger partial charge in [0, 0.05) is 5.56 Å². The third-order valence-corrected chi connectivity index (χ3v) is 6.31. The summed E-state index contributed by atoms with van der Waals surface area (Å²) in [6.45, 7) is 0. The molecule has 0 aliphatic heterocycles. The maximum Gasteiger partial charge on any atom is 0.150 e. The van der Waals surface area contributed by atoms with Gasteiger partial charge in [-0.3, -0.25) is 4.79 Å². The number of hydrogen-bond acceptors (Lipinski definition) is 1. The highest BCUT2D eigenvalue weighted by atomic mass is 16.1. The van der Waals surface area contributed by atoms with Crippen molar-refractivity contribution in [3.8, 4) is 22.3 Å². The molecule has 0 amide bonds.